The van der Waals surface area contributed by atoms with Crippen molar-refractivity contribution < 1.29 is 19.4 Å². The third kappa shape index (κ3) is 3.14. The quantitative estimate of drug-likeness (QED) is 0.879. The van der Waals surface area contributed by atoms with Gasteiger partial charge in [0.1, 0.15) is 0 Å². The van der Waals surface area contributed by atoms with Gasteiger partial charge >= 0.3 is 5.97 Å². The number of hydrogen-bond donors (Lipinski definition) is 2. The van der Waals surface area contributed by atoms with Gasteiger partial charge in [0, 0.05) is 36.8 Å². The van der Waals surface area contributed by atoms with E-state index in [1.807, 2.05) is 31.3 Å². The molecule has 1 aromatic carbocycles. The number of para-hydroxylation sites is 1. The van der Waals surface area contributed by atoms with Crippen molar-refractivity contribution >= 4 is 22.8 Å². The van der Waals surface area contributed by atoms with Gasteiger partial charge in [-0.15, -0.1) is 0 Å². The molecule has 0 saturated carbocycles. The van der Waals surface area contributed by atoms with Crippen LogP contribution in [0.25, 0.3) is 10.9 Å². The average molecular weight is 330 g/mol. The molecule has 2 unspecified atom stereocenters. The van der Waals surface area contributed by atoms with Crippen LogP contribution in [0.15, 0.2) is 24.4 Å². The summed E-state index contributed by atoms with van der Waals surface area (Å²) in [5.41, 5.74) is 3.11. The maximum absolute atomic E-state index is 12.8. The molecule has 2 N–H and O–H groups in total. The number of amides is 1. The summed E-state index contributed by atoms with van der Waals surface area (Å²) in [7, 11) is 1.60. The number of aliphatic carboxylic acids is 1. The van der Waals surface area contributed by atoms with Crippen molar-refractivity contribution in [2.45, 2.75) is 38.3 Å². The van der Waals surface area contributed by atoms with Crippen LogP contribution in [0.3, 0.4) is 0 Å². The molecule has 1 amide bonds. The summed E-state index contributed by atoms with van der Waals surface area (Å²) in [6.07, 6.45) is 2.56. The Balaban J connectivity index is 1.79. The lowest BCUT2D eigenvalue weighted by Crippen LogP contribution is -2.38. The molecule has 0 spiro atoms. The number of nitrogens with one attached hydrogen (secondary N) is 1. The second kappa shape index (κ2) is 6.65. The zero-order chi connectivity index (χ0) is 17.3. The zero-order valence-corrected chi connectivity index (χ0v) is 13.9. The fraction of sp³-hybridized carbons (Fsp3) is 0.444. The van der Waals surface area contributed by atoms with Crippen LogP contribution in [-0.4, -0.2) is 52.7 Å². The first-order chi connectivity index (χ1) is 11.5. The van der Waals surface area contributed by atoms with E-state index in [2.05, 4.69) is 4.98 Å². The minimum Gasteiger partial charge on any atom is -0.481 e. The van der Waals surface area contributed by atoms with Crippen LogP contribution in [0.2, 0.25) is 0 Å². The molecule has 6 heteroatoms. The molecule has 24 heavy (non-hydrogen) atoms. The SMILES string of the molecule is COC1CC(CC(=O)O)N(C(=O)Cc2c[nH]c3c(C)cccc23)C1. The Morgan fingerprint density at radius 3 is 2.92 bits per heavy atom. The number of ether oxygens (including phenoxy) is 1. The van der Waals surface area contributed by atoms with Gasteiger partial charge in [-0.2, -0.15) is 0 Å². The van der Waals surface area contributed by atoms with Crippen LogP contribution >= 0.6 is 0 Å². The fourth-order valence-corrected chi connectivity index (χ4v) is 3.52. The Hall–Kier alpha value is -2.34. The molecular weight excluding hydrogens is 308 g/mol. The highest BCUT2D eigenvalue weighted by Gasteiger charge is 2.36. The van der Waals surface area contributed by atoms with Crippen molar-refractivity contribution in [3.63, 3.8) is 0 Å². The van der Waals surface area contributed by atoms with Gasteiger partial charge in [-0.1, -0.05) is 18.2 Å². The lowest BCUT2D eigenvalue weighted by molar-refractivity contribution is -0.139. The van der Waals surface area contributed by atoms with E-state index >= 15 is 0 Å². The lowest BCUT2D eigenvalue weighted by Gasteiger charge is -2.23. The molecule has 0 radical (unpaired) electrons. The van der Waals surface area contributed by atoms with Gasteiger partial charge in [0.2, 0.25) is 5.91 Å². The van der Waals surface area contributed by atoms with Crippen LogP contribution in [-0.2, 0) is 20.7 Å². The number of rotatable bonds is 5. The molecular formula is C18H22N2O4. The number of aromatic amines is 1. The number of methoxy groups -OCH3 is 1. The van der Waals surface area contributed by atoms with E-state index < -0.39 is 5.97 Å². The summed E-state index contributed by atoms with van der Waals surface area (Å²) in [4.78, 5) is 28.7. The molecule has 0 aliphatic carbocycles. The molecule has 1 saturated heterocycles. The van der Waals surface area contributed by atoms with E-state index in [0.29, 0.717) is 13.0 Å². The highest BCUT2D eigenvalue weighted by Crippen LogP contribution is 2.26. The highest BCUT2D eigenvalue weighted by molar-refractivity contribution is 5.90. The smallest absolute Gasteiger partial charge is 0.305 e. The van der Waals surface area contributed by atoms with Crippen molar-refractivity contribution in [1.82, 2.24) is 9.88 Å². The van der Waals surface area contributed by atoms with Gasteiger partial charge in [0.25, 0.3) is 0 Å². The minimum atomic E-state index is -0.891. The predicted octanol–water partition coefficient (Wildman–Crippen LogP) is 2.11. The van der Waals surface area contributed by atoms with Gasteiger partial charge in [0.05, 0.1) is 18.9 Å². The standard InChI is InChI=1S/C18H22N2O4/c1-11-4-3-5-15-12(9-19-18(11)15)6-16(21)20-10-14(24-2)7-13(20)8-17(22)23/h3-5,9,13-14,19H,6-8,10H2,1-2H3,(H,22,23). The van der Waals surface area contributed by atoms with E-state index in [1.54, 1.807) is 12.0 Å². The van der Waals surface area contributed by atoms with Gasteiger partial charge in [-0.05, 0) is 24.5 Å². The number of benzene rings is 1. The molecule has 1 aromatic heterocycles. The Labute approximate surface area is 140 Å². The van der Waals surface area contributed by atoms with E-state index in [9.17, 15) is 9.59 Å². The van der Waals surface area contributed by atoms with Crippen molar-refractivity contribution in [1.29, 1.82) is 0 Å². The Morgan fingerprint density at radius 2 is 2.21 bits per heavy atom. The maximum atomic E-state index is 12.8. The van der Waals surface area contributed by atoms with E-state index in [1.165, 1.54) is 0 Å². The number of fused-ring (bicyclic) bond motifs is 1. The molecule has 1 aliphatic heterocycles. The minimum absolute atomic E-state index is 0.0431. The summed E-state index contributed by atoms with van der Waals surface area (Å²) in [5.74, 6) is -0.944. The molecule has 1 aliphatic rings. The summed E-state index contributed by atoms with van der Waals surface area (Å²) in [5, 5.41) is 10.1. The zero-order valence-electron chi connectivity index (χ0n) is 13.9. The monoisotopic (exact) mass is 330 g/mol. The predicted molar refractivity (Wildman–Crippen MR) is 89.9 cm³/mol. The largest absolute Gasteiger partial charge is 0.481 e. The van der Waals surface area contributed by atoms with Crippen LogP contribution < -0.4 is 0 Å². The number of carbonyl (C=O) groups is 2. The first-order valence-electron chi connectivity index (χ1n) is 8.09. The maximum Gasteiger partial charge on any atom is 0.305 e. The van der Waals surface area contributed by atoms with Crippen molar-refractivity contribution in [2.24, 2.45) is 0 Å². The number of carboxylic acid groups (broad SMARTS) is 1. The van der Waals surface area contributed by atoms with Gasteiger partial charge in [-0.25, -0.2) is 0 Å². The number of aromatic nitrogens is 1. The van der Waals surface area contributed by atoms with Crippen LogP contribution in [0.5, 0.6) is 0 Å². The average Bonchev–Trinajstić information content (AvgIpc) is 3.12. The fourth-order valence-electron chi connectivity index (χ4n) is 3.52. The number of H-pyrrole nitrogens is 1. The third-order valence-corrected chi connectivity index (χ3v) is 4.79. The van der Waals surface area contributed by atoms with Gasteiger partial charge < -0.3 is 19.7 Å². The first kappa shape index (κ1) is 16.5. The van der Waals surface area contributed by atoms with Crippen LogP contribution in [0, 0.1) is 6.92 Å². The Morgan fingerprint density at radius 1 is 1.42 bits per heavy atom. The van der Waals surface area contributed by atoms with Crippen LogP contribution in [0.4, 0.5) is 0 Å². The second-order valence-electron chi connectivity index (χ2n) is 6.38. The molecule has 6 nitrogen and oxygen atoms in total. The summed E-state index contributed by atoms with van der Waals surface area (Å²) in [6, 6.07) is 5.70. The number of aryl methyl sites for hydroxylation is 1. The number of carbonyl (C=O) groups excluding carboxylic acids is 1. The third-order valence-electron chi connectivity index (χ3n) is 4.79. The van der Waals surface area contributed by atoms with E-state index in [-0.39, 0.29) is 30.9 Å². The first-order valence-corrected chi connectivity index (χ1v) is 8.09. The van der Waals surface area contributed by atoms with Crippen LogP contribution in [0.1, 0.15) is 24.0 Å². The second-order valence-corrected chi connectivity index (χ2v) is 6.38. The molecule has 1 fully saturated rings. The van der Waals surface area contributed by atoms with E-state index in [0.717, 1.165) is 22.0 Å². The molecule has 2 atom stereocenters. The lowest BCUT2D eigenvalue weighted by atomic mass is 10.1. The van der Waals surface area contributed by atoms with Crippen molar-refractivity contribution in [3.05, 3.63) is 35.5 Å². The van der Waals surface area contributed by atoms with Gasteiger partial charge in [-0.3, -0.25) is 9.59 Å². The molecule has 128 valence electrons. The topological polar surface area (TPSA) is 82.6 Å². The molecule has 2 aromatic rings. The molecule has 3 rings (SSSR count). The molecule has 0 bridgehead atoms. The summed E-state index contributed by atoms with van der Waals surface area (Å²) in [6.45, 7) is 2.48. The normalized spacial score (nSPS) is 20.7. The van der Waals surface area contributed by atoms with Crippen molar-refractivity contribution in [3.8, 4) is 0 Å². The number of likely N-dealkylation sites (tertiary alicyclic amines) is 1. The van der Waals surface area contributed by atoms with E-state index in [4.69, 9.17) is 9.84 Å². The van der Waals surface area contributed by atoms with Gasteiger partial charge in [0.15, 0.2) is 0 Å². The Kier molecular flexibility index (Phi) is 4.57. The molecule has 2 heterocycles. The highest BCUT2D eigenvalue weighted by atomic mass is 16.5. The number of nitrogens with zero attached hydrogens (tertiary/aromatic N) is 1. The number of carboxylic acids is 1. The summed E-state index contributed by atoms with van der Waals surface area (Å²) >= 11 is 0. The Bertz CT molecular complexity index is 767. The van der Waals surface area contributed by atoms with Crippen molar-refractivity contribution in [2.75, 3.05) is 13.7 Å². The summed E-state index contributed by atoms with van der Waals surface area (Å²) < 4.78 is 5.33. The number of hydrogen-bond acceptors (Lipinski definition) is 3.